The number of carbonyl (C=O) groups excluding carboxylic acids is 3. The lowest BCUT2D eigenvalue weighted by atomic mass is 10.0. The first-order valence-electron chi connectivity index (χ1n) is 8.23. The van der Waals surface area contributed by atoms with E-state index in [1.54, 1.807) is 45.0 Å². The average molecular weight is 394 g/mol. The van der Waals surface area contributed by atoms with E-state index in [9.17, 15) is 14.4 Å². The SMILES string of the molecule is Cc1cc(NC(=O)COC(=O)[C@@H](NC(=O)c2ccccc2Cl)C(C)C)no1. The van der Waals surface area contributed by atoms with Crippen molar-refractivity contribution in [3.63, 3.8) is 0 Å². The van der Waals surface area contributed by atoms with Gasteiger partial charge in [-0.3, -0.25) is 9.59 Å². The molecule has 1 atom stereocenters. The van der Waals surface area contributed by atoms with E-state index in [0.717, 1.165) is 0 Å². The zero-order valence-electron chi connectivity index (χ0n) is 15.1. The number of hydrogen-bond acceptors (Lipinski definition) is 6. The van der Waals surface area contributed by atoms with Gasteiger partial charge in [-0.25, -0.2) is 4.79 Å². The van der Waals surface area contributed by atoms with Gasteiger partial charge in [0.25, 0.3) is 11.8 Å². The molecular weight excluding hydrogens is 374 g/mol. The van der Waals surface area contributed by atoms with Crippen LogP contribution in [0.2, 0.25) is 5.02 Å². The normalized spacial score (nSPS) is 11.7. The molecule has 0 fully saturated rings. The van der Waals surface area contributed by atoms with Gasteiger partial charge < -0.3 is 19.9 Å². The van der Waals surface area contributed by atoms with E-state index in [0.29, 0.717) is 5.76 Å². The summed E-state index contributed by atoms with van der Waals surface area (Å²) >= 11 is 6.00. The molecule has 9 heteroatoms. The fourth-order valence-corrected chi connectivity index (χ4v) is 2.41. The number of carbonyl (C=O) groups is 3. The number of rotatable bonds is 7. The highest BCUT2D eigenvalue weighted by Crippen LogP contribution is 2.16. The van der Waals surface area contributed by atoms with E-state index in [2.05, 4.69) is 15.8 Å². The summed E-state index contributed by atoms with van der Waals surface area (Å²) in [6.07, 6.45) is 0. The first kappa shape index (κ1) is 20.4. The van der Waals surface area contributed by atoms with E-state index in [1.165, 1.54) is 6.07 Å². The van der Waals surface area contributed by atoms with Gasteiger partial charge in [-0.05, 0) is 25.0 Å². The van der Waals surface area contributed by atoms with Crippen LogP contribution in [0.3, 0.4) is 0 Å². The maximum absolute atomic E-state index is 12.4. The summed E-state index contributed by atoms with van der Waals surface area (Å²) < 4.78 is 9.84. The standard InChI is InChI=1S/C18H20ClN3O5/c1-10(2)16(21-17(24)12-6-4-5-7-13(12)19)18(25)26-9-15(23)20-14-8-11(3)27-22-14/h4-8,10,16H,9H2,1-3H3,(H,21,24)(H,20,22,23)/t16-/m0/s1. The predicted octanol–water partition coefficient (Wildman–Crippen LogP) is 2.57. The third kappa shape index (κ3) is 5.82. The molecule has 144 valence electrons. The van der Waals surface area contributed by atoms with Crippen LogP contribution in [0.1, 0.15) is 30.0 Å². The van der Waals surface area contributed by atoms with Crippen LogP contribution in [0, 0.1) is 12.8 Å². The van der Waals surface area contributed by atoms with Crippen LogP contribution >= 0.6 is 11.6 Å². The maximum atomic E-state index is 12.4. The molecule has 2 amide bonds. The molecule has 27 heavy (non-hydrogen) atoms. The quantitative estimate of drug-likeness (QED) is 0.699. The zero-order valence-corrected chi connectivity index (χ0v) is 15.9. The minimum Gasteiger partial charge on any atom is -0.454 e. The molecule has 2 N–H and O–H groups in total. The third-order valence-electron chi connectivity index (χ3n) is 3.57. The fourth-order valence-electron chi connectivity index (χ4n) is 2.19. The van der Waals surface area contributed by atoms with Gasteiger partial charge in [0.1, 0.15) is 11.8 Å². The van der Waals surface area contributed by atoms with Crippen molar-refractivity contribution in [2.45, 2.75) is 26.8 Å². The Hall–Kier alpha value is -2.87. The highest BCUT2D eigenvalue weighted by molar-refractivity contribution is 6.33. The van der Waals surface area contributed by atoms with Crippen molar-refractivity contribution in [3.8, 4) is 0 Å². The number of hydrogen-bond donors (Lipinski definition) is 2. The average Bonchev–Trinajstić information content (AvgIpc) is 3.02. The van der Waals surface area contributed by atoms with E-state index in [4.69, 9.17) is 20.9 Å². The molecule has 0 spiro atoms. The molecule has 0 saturated carbocycles. The molecule has 1 heterocycles. The van der Waals surface area contributed by atoms with Crippen LogP contribution in [0.4, 0.5) is 5.82 Å². The van der Waals surface area contributed by atoms with Gasteiger partial charge in [0.05, 0.1) is 10.6 Å². The number of aryl methyl sites for hydroxylation is 1. The lowest BCUT2D eigenvalue weighted by Gasteiger charge is -2.21. The van der Waals surface area contributed by atoms with Crippen LogP contribution in [0.15, 0.2) is 34.9 Å². The summed E-state index contributed by atoms with van der Waals surface area (Å²) in [4.78, 5) is 36.5. The molecule has 8 nitrogen and oxygen atoms in total. The monoisotopic (exact) mass is 393 g/mol. The molecule has 0 unspecified atom stereocenters. The summed E-state index contributed by atoms with van der Waals surface area (Å²) in [7, 11) is 0. The van der Waals surface area contributed by atoms with E-state index < -0.39 is 30.4 Å². The second-order valence-electron chi connectivity index (χ2n) is 6.15. The Morgan fingerprint density at radius 3 is 2.56 bits per heavy atom. The van der Waals surface area contributed by atoms with E-state index in [1.807, 2.05) is 0 Å². The summed E-state index contributed by atoms with van der Waals surface area (Å²) in [5, 5.41) is 8.91. The van der Waals surface area contributed by atoms with Crippen molar-refractivity contribution >= 4 is 35.2 Å². The molecule has 1 aromatic heterocycles. The fraction of sp³-hybridized carbons (Fsp3) is 0.333. The van der Waals surface area contributed by atoms with Crippen molar-refractivity contribution in [2.75, 3.05) is 11.9 Å². The number of anilines is 1. The smallest absolute Gasteiger partial charge is 0.329 e. The van der Waals surface area contributed by atoms with Gasteiger partial charge in [0, 0.05) is 6.07 Å². The lowest BCUT2D eigenvalue weighted by molar-refractivity contribution is -0.150. The Labute approximate surface area is 161 Å². The summed E-state index contributed by atoms with van der Waals surface area (Å²) in [5.41, 5.74) is 0.247. The number of esters is 1. The molecule has 1 aromatic carbocycles. The second-order valence-corrected chi connectivity index (χ2v) is 6.56. The van der Waals surface area contributed by atoms with Gasteiger partial charge in [-0.15, -0.1) is 0 Å². The van der Waals surface area contributed by atoms with Crippen molar-refractivity contribution in [3.05, 3.63) is 46.7 Å². The van der Waals surface area contributed by atoms with Crippen LogP contribution in [-0.2, 0) is 14.3 Å². The molecule has 0 aliphatic carbocycles. The Kier molecular flexibility index (Phi) is 6.95. The number of amides is 2. The molecule has 2 aromatic rings. The molecule has 0 radical (unpaired) electrons. The Morgan fingerprint density at radius 1 is 1.26 bits per heavy atom. The number of nitrogens with zero attached hydrogens (tertiary/aromatic N) is 1. The van der Waals surface area contributed by atoms with Crippen molar-refractivity contribution in [2.24, 2.45) is 5.92 Å². The highest BCUT2D eigenvalue weighted by Gasteiger charge is 2.27. The zero-order chi connectivity index (χ0) is 20.0. The molecule has 0 saturated heterocycles. The van der Waals surface area contributed by atoms with Gasteiger partial charge in [-0.1, -0.05) is 42.7 Å². The van der Waals surface area contributed by atoms with Gasteiger partial charge in [-0.2, -0.15) is 0 Å². The Balaban J connectivity index is 1.93. The van der Waals surface area contributed by atoms with Crippen molar-refractivity contribution in [1.82, 2.24) is 10.5 Å². The minimum atomic E-state index is -0.934. The largest absolute Gasteiger partial charge is 0.454 e. The Bertz CT molecular complexity index is 834. The van der Waals surface area contributed by atoms with Crippen molar-refractivity contribution < 1.29 is 23.6 Å². The topological polar surface area (TPSA) is 111 Å². The molecular formula is C18H20ClN3O5. The van der Waals surface area contributed by atoms with Gasteiger partial charge in [0.15, 0.2) is 12.4 Å². The van der Waals surface area contributed by atoms with Gasteiger partial charge >= 0.3 is 5.97 Å². The summed E-state index contributed by atoms with van der Waals surface area (Å²) in [6, 6.07) is 7.08. The minimum absolute atomic E-state index is 0.223. The number of benzene rings is 1. The van der Waals surface area contributed by atoms with E-state index in [-0.39, 0.29) is 22.3 Å². The maximum Gasteiger partial charge on any atom is 0.329 e. The molecule has 0 aliphatic heterocycles. The first-order chi connectivity index (χ1) is 12.8. The first-order valence-corrected chi connectivity index (χ1v) is 8.61. The van der Waals surface area contributed by atoms with Gasteiger partial charge in [0.2, 0.25) is 0 Å². The van der Waals surface area contributed by atoms with Crippen molar-refractivity contribution in [1.29, 1.82) is 0 Å². The van der Waals surface area contributed by atoms with Crippen LogP contribution in [0.25, 0.3) is 0 Å². The lowest BCUT2D eigenvalue weighted by Crippen LogP contribution is -2.46. The summed E-state index contributed by atoms with van der Waals surface area (Å²) in [6.45, 7) is 4.65. The number of halogens is 1. The summed E-state index contributed by atoms with van der Waals surface area (Å²) in [5.74, 6) is -1.30. The predicted molar refractivity (Wildman–Crippen MR) is 98.4 cm³/mol. The number of nitrogens with one attached hydrogen (secondary N) is 2. The third-order valence-corrected chi connectivity index (χ3v) is 3.90. The molecule has 2 rings (SSSR count). The van der Waals surface area contributed by atoms with Crippen LogP contribution in [0.5, 0.6) is 0 Å². The molecule has 0 aliphatic rings. The second kappa shape index (κ2) is 9.18. The van der Waals surface area contributed by atoms with Crippen LogP contribution < -0.4 is 10.6 Å². The highest BCUT2D eigenvalue weighted by atomic mass is 35.5. The molecule has 0 bridgehead atoms. The number of aromatic nitrogens is 1. The van der Waals surface area contributed by atoms with E-state index >= 15 is 0 Å². The Morgan fingerprint density at radius 2 is 1.96 bits per heavy atom. The van der Waals surface area contributed by atoms with Crippen LogP contribution in [-0.4, -0.2) is 35.6 Å². The number of ether oxygens (including phenoxy) is 1.